The summed E-state index contributed by atoms with van der Waals surface area (Å²) in [6, 6.07) is 37.4. The Morgan fingerprint density at radius 3 is 1.24 bits per heavy atom. The second-order valence-electron chi connectivity index (χ2n) is 6.27. The van der Waals surface area contributed by atoms with Gasteiger partial charge in [-0.25, -0.2) is 4.39 Å². The molecule has 0 saturated heterocycles. The summed E-state index contributed by atoms with van der Waals surface area (Å²) in [5.74, 6) is -1.75. The van der Waals surface area contributed by atoms with Crippen LogP contribution in [-0.4, -0.2) is 25.7 Å². The molecular formula is C25H19FO2Sn. The molecule has 0 atom stereocenters. The fourth-order valence-electron chi connectivity index (χ4n) is 2.90. The molecule has 0 spiro atoms. The summed E-state index contributed by atoms with van der Waals surface area (Å²) in [5, 5.41) is 10.1. The molecule has 0 saturated carbocycles. The summed E-state index contributed by atoms with van der Waals surface area (Å²) in [5.41, 5.74) is -0.0126. The van der Waals surface area contributed by atoms with Crippen LogP contribution < -0.4 is 15.8 Å². The SMILES string of the molecule is O=C([O-])c1ccc(F)cc1.c1cc[c]([Sn+]([c]2ccccc2)[c]2ccccc2)cc1. The third-order valence-corrected chi connectivity index (χ3v) is 12.1. The number of hydrogen-bond donors (Lipinski definition) is 0. The fraction of sp³-hybridized carbons (Fsp3) is 0. The first-order chi connectivity index (χ1) is 14.1. The summed E-state index contributed by atoms with van der Waals surface area (Å²) in [6.45, 7) is 0. The van der Waals surface area contributed by atoms with Crippen LogP contribution in [0.2, 0.25) is 0 Å². The van der Waals surface area contributed by atoms with Gasteiger partial charge in [-0.15, -0.1) is 0 Å². The Morgan fingerprint density at radius 2 is 0.931 bits per heavy atom. The predicted octanol–water partition coefficient (Wildman–Crippen LogP) is 2.39. The standard InChI is InChI=1S/C7H5FO2.3C6H5.Sn/c8-6-3-1-5(2-4-6)7(9)10;3*1-2-4-6-5-3-1;/h1-4H,(H,9,10);3*1-5H;/q;;;;+1/p-1. The zero-order valence-electron chi connectivity index (χ0n) is 15.7. The van der Waals surface area contributed by atoms with Gasteiger partial charge in [0.05, 0.1) is 5.97 Å². The topological polar surface area (TPSA) is 40.1 Å². The van der Waals surface area contributed by atoms with E-state index in [-0.39, 0.29) is 5.56 Å². The maximum atomic E-state index is 12.1. The third kappa shape index (κ3) is 6.03. The number of halogens is 1. The van der Waals surface area contributed by atoms with Gasteiger partial charge in [0.2, 0.25) is 0 Å². The van der Waals surface area contributed by atoms with Crippen LogP contribution in [0, 0.1) is 5.82 Å². The molecule has 0 N–H and O–H groups in total. The molecule has 0 heterocycles. The van der Waals surface area contributed by atoms with Crippen molar-refractivity contribution in [3.05, 3.63) is 127 Å². The van der Waals surface area contributed by atoms with Gasteiger partial charge < -0.3 is 9.90 Å². The Kier molecular flexibility index (Phi) is 7.59. The Hall–Kier alpha value is -2.92. The van der Waals surface area contributed by atoms with Crippen molar-refractivity contribution in [3.8, 4) is 0 Å². The van der Waals surface area contributed by atoms with Gasteiger partial charge in [0.15, 0.2) is 0 Å². The third-order valence-electron chi connectivity index (χ3n) is 4.27. The summed E-state index contributed by atoms with van der Waals surface area (Å²) >= 11 is -1.98. The summed E-state index contributed by atoms with van der Waals surface area (Å²) in [4.78, 5) is 10.1. The molecular weight excluding hydrogens is 470 g/mol. The van der Waals surface area contributed by atoms with Crippen molar-refractivity contribution in [1.82, 2.24) is 0 Å². The van der Waals surface area contributed by atoms with Gasteiger partial charge in [0.1, 0.15) is 5.82 Å². The predicted molar refractivity (Wildman–Crippen MR) is 115 cm³/mol. The van der Waals surface area contributed by atoms with Crippen LogP contribution in [0.3, 0.4) is 0 Å². The van der Waals surface area contributed by atoms with Crippen LogP contribution >= 0.6 is 0 Å². The van der Waals surface area contributed by atoms with Crippen LogP contribution in [0.4, 0.5) is 4.39 Å². The van der Waals surface area contributed by atoms with Crippen LogP contribution in [-0.2, 0) is 0 Å². The molecule has 0 amide bonds. The monoisotopic (exact) mass is 490 g/mol. The number of carboxylic acids is 1. The van der Waals surface area contributed by atoms with E-state index in [0.717, 1.165) is 24.3 Å². The van der Waals surface area contributed by atoms with Crippen molar-refractivity contribution in [2.75, 3.05) is 0 Å². The van der Waals surface area contributed by atoms with Gasteiger partial charge in [-0.3, -0.25) is 0 Å². The van der Waals surface area contributed by atoms with E-state index in [0.29, 0.717) is 0 Å². The first-order valence-electron chi connectivity index (χ1n) is 9.15. The van der Waals surface area contributed by atoms with Crippen molar-refractivity contribution in [2.24, 2.45) is 0 Å². The van der Waals surface area contributed by atoms with E-state index >= 15 is 0 Å². The Labute approximate surface area is 177 Å². The van der Waals surface area contributed by atoms with E-state index in [1.54, 1.807) is 0 Å². The summed E-state index contributed by atoms with van der Waals surface area (Å²) < 4.78 is 16.7. The van der Waals surface area contributed by atoms with Gasteiger partial charge in [0, 0.05) is 0 Å². The van der Waals surface area contributed by atoms with Crippen molar-refractivity contribution in [2.45, 2.75) is 0 Å². The minimum absolute atomic E-state index is 0.0126. The molecule has 4 aromatic carbocycles. The van der Waals surface area contributed by atoms with Gasteiger partial charge in [-0.05, 0) is 17.7 Å². The van der Waals surface area contributed by atoms with E-state index < -0.39 is 31.5 Å². The van der Waals surface area contributed by atoms with Crippen molar-refractivity contribution in [3.63, 3.8) is 0 Å². The van der Waals surface area contributed by atoms with Crippen LogP contribution in [0.25, 0.3) is 0 Å². The normalized spacial score (nSPS) is 9.83. The molecule has 29 heavy (non-hydrogen) atoms. The minimum atomic E-state index is -1.98. The first-order valence-corrected chi connectivity index (χ1v) is 13.4. The fourth-order valence-corrected chi connectivity index (χ4v) is 10.3. The Bertz CT molecular complexity index is 927. The molecule has 4 aromatic rings. The number of benzene rings is 4. The molecule has 4 rings (SSSR count). The van der Waals surface area contributed by atoms with E-state index in [4.69, 9.17) is 0 Å². The zero-order chi connectivity index (χ0) is 20.5. The summed E-state index contributed by atoms with van der Waals surface area (Å²) in [6.07, 6.45) is 0. The molecule has 0 unspecified atom stereocenters. The van der Waals surface area contributed by atoms with E-state index in [9.17, 15) is 14.3 Å². The second-order valence-corrected chi connectivity index (χ2v) is 13.4. The van der Waals surface area contributed by atoms with Crippen molar-refractivity contribution >= 4 is 36.5 Å². The molecule has 0 radical (unpaired) electrons. The molecule has 0 fully saturated rings. The number of hydrogen-bond acceptors (Lipinski definition) is 2. The number of carbonyl (C=O) groups is 1. The first kappa shape index (κ1) is 20.8. The number of aromatic carboxylic acids is 1. The van der Waals surface area contributed by atoms with E-state index in [1.807, 2.05) is 0 Å². The number of carbonyl (C=O) groups excluding carboxylic acids is 1. The molecule has 142 valence electrons. The van der Waals surface area contributed by atoms with Gasteiger partial charge in [-0.2, -0.15) is 0 Å². The number of rotatable bonds is 4. The van der Waals surface area contributed by atoms with E-state index in [1.165, 1.54) is 10.7 Å². The van der Waals surface area contributed by atoms with Gasteiger partial charge in [0.25, 0.3) is 0 Å². The summed E-state index contributed by atoms with van der Waals surface area (Å²) in [7, 11) is 0. The van der Waals surface area contributed by atoms with E-state index in [2.05, 4.69) is 91.0 Å². The molecule has 0 aromatic heterocycles. The van der Waals surface area contributed by atoms with Crippen LogP contribution in [0.1, 0.15) is 10.4 Å². The average Bonchev–Trinajstić information content (AvgIpc) is 2.77. The zero-order valence-corrected chi connectivity index (χ0v) is 18.5. The Balaban J connectivity index is 0.000000204. The Morgan fingerprint density at radius 1 is 0.586 bits per heavy atom. The second kappa shape index (κ2) is 10.6. The molecule has 4 heteroatoms. The molecule has 2 nitrogen and oxygen atoms in total. The molecule has 0 bridgehead atoms. The average molecular weight is 489 g/mol. The quantitative estimate of drug-likeness (QED) is 0.414. The van der Waals surface area contributed by atoms with Crippen molar-refractivity contribution in [1.29, 1.82) is 0 Å². The van der Waals surface area contributed by atoms with Crippen LogP contribution in [0.15, 0.2) is 115 Å². The molecule has 0 aliphatic carbocycles. The van der Waals surface area contributed by atoms with Crippen LogP contribution in [0.5, 0.6) is 0 Å². The van der Waals surface area contributed by atoms with Crippen molar-refractivity contribution < 1.29 is 14.3 Å². The number of carboxylic acid groups (broad SMARTS) is 1. The molecule has 0 aliphatic heterocycles. The molecule has 0 aliphatic rings. The van der Waals surface area contributed by atoms with Gasteiger partial charge >= 0.3 is 121 Å². The van der Waals surface area contributed by atoms with Gasteiger partial charge in [-0.1, -0.05) is 12.1 Å². The maximum absolute atomic E-state index is 12.1.